The number of aromatic nitrogens is 2. The van der Waals surface area contributed by atoms with Crippen LogP contribution in [0.15, 0.2) is 48.5 Å². The Balaban J connectivity index is 1.32. The largest absolute Gasteiger partial charge is 0.435 e. The molecule has 3 aliphatic rings. The van der Waals surface area contributed by atoms with E-state index in [0.29, 0.717) is 34.6 Å². The van der Waals surface area contributed by atoms with Gasteiger partial charge in [-0.3, -0.25) is 14.4 Å². The van der Waals surface area contributed by atoms with Crippen LogP contribution in [-0.2, 0) is 6.54 Å². The molecule has 1 amide bonds. The van der Waals surface area contributed by atoms with Crippen LogP contribution in [0.4, 0.5) is 8.78 Å². The molecule has 1 spiro atoms. The lowest BCUT2D eigenvalue weighted by Crippen LogP contribution is -2.64. The third-order valence-corrected chi connectivity index (χ3v) is 7.58. The monoisotopic (exact) mass is 438 g/mol. The number of halogens is 2. The maximum Gasteiger partial charge on any atom is 0.387 e. The molecule has 1 saturated carbocycles. The smallest absolute Gasteiger partial charge is 0.387 e. The molecule has 1 aliphatic carbocycles. The van der Waals surface area contributed by atoms with Crippen molar-refractivity contribution in [3.63, 3.8) is 0 Å². The highest BCUT2D eigenvalue weighted by Gasteiger charge is 2.63. The van der Waals surface area contributed by atoms with Gasteiger partial charge in [-0.2, -0.15) is 13.9 Å². The summed E-state index contributed by atoms with van der Waals surface area (Å²) in [6, 6.07) is 14.5. The zero-order valence-electron chi connectivity index (χ0n) is 17.5. The van der Waals surface area contributed by atoms with Gasteiger partial charge in [0, 0.05) is 36.1 Å². The number of hydrogen-bond donors (Lipinski definition) is 1. The molecule has 1 aromatic heterocycles. The number of ether oxygens (including phenoxy) is 1. The molecule has 2 aromatic carbocycles. The number of fused-ring (bicyclic) bond motifs is 1. The van der Waals surface area contributed by atoms with Crippen molar-refractivity contribution in [2.45, 2.75) is 44.0 Å². The van der Waals surface area contributed by atoms with Gasteiger partial charge in [0.1, 0.15) is 5.75 Å². The van der Waals surface area contributed by atoms with Crippen molar-refractivity contribution in [1.29, 1.82) is 0 Å². The second-order valence-electron chi connectivity index (χ2n) is 9.07. The molecule has 2 aliphatic heterocycles. The molecule has 1 N–H and O–H groups in total. The number of amides is 1. The van der Waals surface area contributed by atoms with Crippen LogP contribution in [0.2, 0.25) is 0 Å². The molecule has 6 rings (SSSR count). The quantitative estimate of drug-likeness (QED) is 0.638. The predicted molar refractivity (Wildman–Crippen MR) is 115 cm³/mol. The van der Waals surface area contributed by atoms with Gasteiger partial charge >= 0.3 is 6.61 Å². The number of nitrogens with one attached hydrogen (secondary N) is 1. The molecule has 0 radical (unpaired) electrons. The summed E-state index contributed by atoms with van der Waals surface area (Å²) in [7, 11) is 0. The highest BCUT2D eigenvalue weighted by molar-refractivity contribution is 6.05. The van der Waals surface area contributed by atoms with E-state index < -0.39 is 6.61 Å². The number of carbonyl (C=O) groups excluding carboxylic acids is 1. The highest BCUT2D eigenvalue weighted by Crippen LogP contribution is 2.57. The summed E-state index contributed by atoms with van der Waals surface area (Å²) in [5.41, 5.74) is 2.24. The number of rotatable bonds is 6. The van der Waals surface area contributed by atoms with Crippen LogP contribution in [0.3, 0.4) is 0 Å². The first-order chi connectivity index (χ1) is 15.5. The Hall–Kier alpha value is -3.00. The molecular formula is C24H24F2N4O2. The van der Waals surface area contributed by atoms with Gasteiger partial charge in [0.05, 0.1) is 12.1 Å². The van der Waals surface area contributed by atoms with Crippen molar-refractivity contribution in [3.8, 4) is 5.75 Å². The number of carbonyl (C=O) groups is 1. The number of nitrogens with zero attached hydrogens (tertiary/aromatic N) is 3. The number of benzene rings is 2. The molecule has 2 saturated heterocycles. The fraction of sp³-hybridized carbons (Fsp3) is 0.417. The molecule has 2 unspecified atom stereocenters. The maximum absolute atomic E-state index is 13.3. The van der Waals surface area contributed by atoms with Crippen LogP contribution in [0.1, 0.15) is 35.3 Å². The van der Waals surface area contributed by atoms with Crippen molar-refractivity contribution in [1.82, 2.24) is 20.0 Å². The van der Waals surface area contributed by atoms with Crippen LogP contribution >= 0.6 is 0 Å². The molecule has 6 nitrogen and oxygen atoms in total. The molecule has 32 heavy (non-hydrogen) atoms. The minimum absolute atomic E-state index is 0.0465. The molecule has 3 fully saturated rings. The van der Waals surface area contributed by atoms with Gasteiger partial charge in [-0.15, -0.1) is 0 Å². The van der Waals surface area contributed by atoms with Crippen molar-refractivity contribution in [2.24, 2.45) is 5.92 Å². The van der Waals surface area contributed by atoms with E-state index in [1.54, 1.807) is 10.7 Å². The molecule has 166 valence electrons. The molecule has 0 bridgehead atoms. The van der Waals surface area contributed by atoms with Gasteiger partial charge in [0.15, 0.2) is 5.69 Å². The van der Waals surface area contributed by atoms with E-state index in [1.165, 1.54) is 25.0 Å². The number of alkyl halides is 2. The lowest BCUT2D eigenvalue weighted by molar-refractivity contribution is -0.0676. The van der Waals surface area contributed by atoms with Gasteiger partial charge in [-0.05, 0) is 42.9 Å². The van der Waals surface area contributed by atoms with E-state index in [1.807, 2.05) is 30.3 Å². The Morgan fingerprint density at radius 3 is 2.72 bits per heavy atom. The summed E-state index contributed by atoms with van der Waals surface area (Å²) >= 11 is 0. The summed E-state index contributed by atoms with van der Waals surface area (Å²) in [6.45, 7) is -0.482. The second-order valence-corrected chi connectivity index (χ2v) is 9.07. The summed E-state index contributed by atoms with van der Waals surface area (Å²) in [6.07, 6.45) is 3.61. The zero-order chi connectivity index (χ0) is 21.9. The first kappa shape index (κ1) is 19.7. The van der Waals surface area contributed by atoms with Crippen LogP contribution in [0, 0.1) is 5.92 Å². The molecule has 3 aromatic rings. The highest BCUT2D eigenvalue weighted by atomic mass is 19.3. The third kappa shape index (κ3) is 3.00. The van der Waals surface area contributed by atoms with Gasteiger partial charge in [0.25, 0.3) is 5.91 Å². The Kier molecular flexibility index (Phi) is 4.47. The summed E-state index contributed by atoms with van der Waals surface area (Å²) < 4.78 is 31.8. The minimum Gasteiger partial charge on any atom is -0.435 e. The molecule has 3 atom stereocenters. The van der Waals surface area contributed by atoms with E-state index in [0.717, 1.165) is 25.1 Å². The maximum atomic E-state index is 13.3. The van der Waals surface area contributed by atoms with Crippen molar-refractivity contribution in [2.75, 3.05) is 13.1 Å². The van der Waals surface area contributed by atoms with E-state index >= 15 is 0 Å². The fourth-order valence-electron chi connectivity index (χ4n) is 5.88. The average Bonchev–Trinajstić information content (AvgIpc) is 3.14. The normalized spacial score (nSPS) is 26.3. The van der Waals surface area contributed by atoms with Gasteiger partial charge in [-0.25, -0.2) is 0 Å². The molecular weight excluding hydrogens is 414 g/mol. The molecule has 3 heterocycles. The minimum atomic E-state index is -2.91. The van der Waals surface area contributed by atoms with Crippen molar-refractivity contribution < 1.29 is 18.3 Å². The Bertz CT molecular complexity index is 1180. The van der Waals surface area contributed by atoms with Gasteiger partial charge in [-0.1, -0.05) is 30.3 Å². The van der Waals surface area contributed by atoms with Crippen LogP contribution in [0.5, 0.6) is 5.75 Å². The average molecular weight is 438 g/mol. The molecule has 8 heteroatoms. The van der Waals surface area contributed by atoms with Gasteiger partial charge in [0.2, 0.25) is 0 Å². The summed E-state index contributed by atoms with van der Waals surface area (Å²) in [5, 5.41) is 8.47. The topological polar surface area (TPSA) is 59.4 Å². The second kappa shape index (κ2) is 7.27. The van der Waals surface area contributed by atoms with E-state index in [9.17, 15) is 13.6 Å². The van der Waals surface area contributed by atoms with Crippen LogP contribution in [0.25, 0.3) is 10.9 Å². The predicted octanol–water partition coefficient (Wildman–Crippen LogP) is 3.65. The Morgan fingerprint density at radius 1 is 1.22 bits per heavy atom. The fourth-order valence-corrected chi connectivity index (χ4v) is 5.88. The van der Waals surface area contributed by atoms with Crippen molar-refractivity contribution >= 4 is 16.8 Å². The van der Waals surface area contributed by atoms with Gasteiger partial charge < -0.3 is 10.1 Å². The van der Waals surface area contributed by atoms with E-state index in [2.05, 4.69) is 20.1 Å². The van der Waals surface area contributed by atoms with E-state index in [-0.39, 0.29) is 17.7 Å². The SMILES string of the molecule is O=C(N[C@H]1CN2CCC23CCC13)c1nn(Cc2ccccc2)c2cc(OC(F)F)ccc12. The number of hydrogen-bond acceptors (Lipinski definition) is 4. The zero-order valence-corrected chi connectivity index (χ0v) is 17.5. The first-order valence-electron chi connectivity index (χ1n) is 11.1. The Labute approximate surface area is 184 Å². The standard InChI is InChI=1S/C24H24F2N4O2/c25-23(26)32-16-6-7-17-20(12-16)30(13-15-4-2-1-3-5-15)28-21(17)22(31)27-19-14-29-11-10-24(29)9-8-18(19)24/h1-7,12,18-19,23H,8-11,13-14H2,(H,27,31)/t18?,19-,24?/m0/s1. The summed E-state index contributed by atoms with van der Waals surface area (Å²) in [4.78, 5) is 15.8. The van der Waals surface area contributed by atoms with Crippen molar-refractivity contribution in [3.05, 3.63) is 59.8 Å². The van der Waals surface area contributed by atoms with E-state index in [4.69, 9.17) is 0 Å². The lowest BCUT2D eigenvalue weighted by Gasteiger charge is -2.58. The van der Waals surface area contributed by atoms with Crippen LogP contribution < -0.4 is 10.1 Å². The Morgan fingerprint density at radius 2 is 2.06 bits per heavy atom. The third-order valence-electron chi connectivity index (χ3n) is 7.58. The van der Waals surface area contributed by atoms with Crippen LogP contribution in [-0.4, -0.2) is 51.9 Å². The lowest BCUT2D eigenvalue weighted by atomic mass is 9.61. The summed E-state index contributed by atoms with van der Waals surface area (Å²) in [5.74, 6) is 0.355. The first-order valence-corrected chi connectivity index (χ1v) is 11.1.